The first-order valence-electron chi connectivity index (χ1n) is 6.58. The third-order valence-corrected chi connectivity index (χ3v) is 5.43. The summed E-state index contributed by atoms with van der Waals surface area (Å²) in [6.45, 7) is 6.13. The zero-order chi connectivity index (χ0) is 15.6. The molecule has 0 spiro atoms. The van der Waals surface area contributed by atoms with Crippen molar-refractivity contribution in [3.63, 3.8) is 0 Å². The summed E-state index contributed by atoms with van der Waals surface area (Å²) < 4.78 is 22.5. The van der Waals surface area contributed by atoms with Crippen molar-refractivity contribution in [1.29, 1.82) is 0 Å². The highest BCUT2D eigenvalue weighted by Gasteiger charge is 2.15. The van der Waals surface area contributed by atoms with Crippen LogP contribution in [-0.2, 0) is 10.0 Å². The Balaban J connectivity index is 2.10. The fourth-order valence-electron chi connectivity index (χ4n) is 2.22. The number of nitrogens with one attached hydrogen (secondary N) is 1. The van der Waals surface area contributed by atoms with Crippen LogP contribution in [0, 0.1) is 6.92 Å². The summed E-state index contributed by atoms with van der Waals surface area (Å²) in [5, 5.41) is 8.58. The summed E-state index contributed by atoms with van der Waals surface area (Å²) in [5.41, 5.74) is 3.89. The van der Waals surface area contributed by atoms with Gasteiger partial charge in [-0.3, -0.25) is 0 Å². The molecule has 3 N–H and O–H groups in total. The summed E-state index contributed by atoms with van der Waals surface area (Å²) in [5.74, 6) is 0. The lowest BCUT2D eigenvalue weighted by Crippen LogP contribution is -2.22. The highest BCUT2D eigenvalue weighted by molar-refractivity contribution is 7.89. The van der Waals surface area contributed by atoms with E-state index in [0.29, 0.717) is 0 Å². The minimum absolute atomic E-state index is 0.0935. The predicted octanol–water partition coefficient (Wildman–Crippen LogP) is 2.51. The molecule has 2 aromatic rings. The van der Waals surface area contributed by atoms with Gasteiger partial charge in [-0.15, -0.1) is 11.3 Å². The first-order chi connectivity index (χ1) is 9.79. The lowest BCUT2D eigenvalue weighted by atomic mass is 10.1. The molecule has 1 aromatic heterocycles. The Morgan fingerprint density at radius 2 is 1.81 bits per heavy atom. The van der Waals surface area contributed by atoms with Gasteiger partial charge in [0.2, 0.25) is 10.0 Å². The van der Waals surface area contributed by atoms with Crippen LogP contribution in [-0.4, -0.2) is 13.4 Å². The minimum Gasteiger partial charge on any atom is -0.303 e. The summed E-state index contributed by atoms with van der Waals surface area (Å²) in [4.78, 5) is 5.59. The van der Waals surface area contributed by atoms with Crippen LogP contribution in [0.15, 0.2) is 34.7 Å². The molecule has 5 nitrogen and oxygen atoms in total. The van der Waals surface area contributed by atoms with Crippen molar-refractivity contribution in [2.24, 2.45) is 5.14 Å². The van der Waals surface area contributed by atoms with Gasteiger partial charge in [-0.2, -0.15) is 0 Å². The van der Waals surface area contributed by atoms with Crippen molar-refractivity contribution in [2.75, 3.05) is 0 Å². The number of thiazole rings is 1. The number of nitrogens with zero attached hydrogens (tertiary/aromatic N) is 1. The van der Waals surface area contributed by atoms with E-state index < -0.39 is 10.0 Å². The smallest absolute Gasteiger partial charge is 0.238 e. The van der Waals surface area contributed by atoms with E-state index in [0.717, 1.165) is 11.3 Å². The van der Waals surface area contributed by atoms with Crippen molar-refractivity contribution in [1.82, 2.24) is 10.3 Å². The van der Waals surface area contributed by atoms with E-state index in [1.54, 1.807) is 23.5 Å². The number of aryl methyl sites for hydroxylation is 1. The van der Waals surface area contributed by atoms with Gasteiger partial charge < -0.3 is 5.32 Å². The molecule has 2 rings (SSSR count). The number of nitrogens with two attached hydrogens (primary N) is 1. The van der Waals surface area contributed by atoms with Gasteiger partial charge in [-0.05, 0) is 38.5 Å². The number of rotatable bonds is 5. The van der Waals surface area contributed by atoms with E-state index in [1.165, 1.54) is 17.0 Å². The van der Waals surface area contributed by atoms with Crippen molar-refractivity contribution >= 4 is 21.4 Å². The van der Waals surface area contributed by atoms with E-state index in [2.05, 4.69) is 17.2 Å². The van der Waals surface area contributed by atoms with Crippen molar-refractivity contribution in [2.45, 2.75) is 37.8 Å². The Labute approximate surface area is 129 Å². The quantitative estimate of drug-likeness (QED) is 0.884. The van der Waals surface area contributed by atoms with Gasteiger partial charge in [0, 0.05) is 17.0 Å². The normalized spacial score (nSPS) is 14.9. The fraction of sp³-hybridized carbons (Fsp3) is 0.357. The Bertz CT molecular complexity index is 708. The zero-order valence-corrected chi connectivity index (χ0v) is 13.8. The molecule has 0 radical (unpaired) electrons. The highest BCUT2D eigenvalue weighted by atomic mass is 32.2. The number of sulfonamides is 1. The first kappa shape index (κ1) is 16.1. The topological polar surface area (TPSA) is 85.1 Å². The molecule has 0 bridgehead atoms. The van der Waals surface area contributed by atoms with E-state index in [1.807, 2.05) is 19.4 Å². The molecule has 0 saturated carbocycles. The van der Waals surface area contributed by atoms with Gasteiger partial charge >= 0.3 is 0 Å². The van der Waals surface area contributed by atoms with Crippen LogP contribution in [0.3, 0.4) is 0 Å². The second-order valence-corrected chi connectivity index (χ2v) is 7.47. The molecule has 0 aliphatic rings. The number of hydrogen-bond donors (Lipinski definition) is 2. The summed E-state index contributed by atoms with van der Waals surface area (Å²) in [6.07, 6.45) is 0. The SMILES string of the molecule is Cc1ncsc1C(C)NC(C)c1ccc(S(N)(=O)=O)cc1. The van der Waals surface area contributed by atoms with Gasteiger partial charge in [-0.25, -0.2) is 18.5 Å². The average Bonchev–Trinajstić information content (AvgIpc) is 2.84. The molecule has 2 atom stereocenters. The Morgan fingerprint density at radius 1 is 1.19 bits per heavy atom. The van der Waals surface area contributed by atoms with Crippen molar-refractivity contribution in [3.8, 4) is 0 Å². The maximum Gasteiger partial charge on any atom is 0.238 e. The van der Waals surface area contributed by atoms with Crippen LogP contribution in [0.4, 0.5) is 0 Å². The van der Waals surface area contributed by atoms with E-state index in [-0.39, 0.29) is 17.0 Å². The van der Waals surface area contributed by atoms with Crippen LogP contribution < -0.4 is 10.5 Å². The number of benzene rings is 1. The monoisotopic (exact) mass is 325 g/mol. The number of primary sulfonamides is 1. The van der Waals surface area contributed by atoms with E-state index in [4.69, 9.17) is 5.14 Å². The van der Waals surface area contributed by atoms with Gasteiger partial charge in [0.25, 0.3) is 0 Å². The van der Waals surface area contributed by atoms with Crippen molar-refractivity contribution < 1.29 is 8.42 Å². The van der Waals surface area contributed by atoms with Gasteiger partial charge in [0.1, 0.15) is 0 Å². The molecule has 0 saturated heterocycles. The molecule has 114 valence electrons. The van der Waals surface area contributed by atoms with Gasteiger partial charge in [0.05, 0.1) is 16.1 Å². The third-order valence-electron chi connectivity index (χ3n) is 3.38. The maximum absolute atomic E-state index is 11.2. The Morgan fingerprint density at radius 3 is 2.29 bits per heavy atom. The molecule has 0 aliphatic heterocycles. The Hall–Kier alpha value is -1.28. The average molecular weight is 325 g/mol. The molecule has 0 fully saturated rings. The second kappa shape index (κ2) is 6.23. The largest absolute Gasteiger partial charge is 0.303 e. The van der Waals surface area contributed by atoms with Crippen molar-refractivity contribution in [3.05, 3.63) is 45.9 Å². The van der Waals surface area contributed by atoms with Gasteiger partial charge in [-0.1, -0.05) is 12.1 Å². The molecular weight excluding hydrogens is 306 g/mol. The van der Waals surface area contributed by atoms with Crippen LogP contribution in [0.5, 0.6) is 0 Å². The molecule has 0 aliphatic carbocycles. The molecule has 0 amide bonds. The van der Waals surface area contributed by atoms with Crippen LogP contribution in [0.1, 0.15) is 42.1 Å². The molecule has 1 heterocycles. The lowest BCUT2D eigenvalue weighted by molar-refractivity contribution is 0.498. The maximum atomic E-state index is 11.2. The highest BCUT2D eigenvalue weighted by Crippen LogP contribution is 2.25. The summed E-state index contributed by atoms with van der Waals surface area (Å²) >= 11 is 1.63. The van der Waals surface area contributed by atoms with E-state index in [9.17, 15) is 8.42 Å². The molecule has 1 aromatic carbocycles. The second-order valence-electron chi connectivity index (χ2n) is 5.03. The molecule has 7 heteroatoms. The van der Waals surface area contributed by atoms with Crippen LogP contribution >= 0.6 is 11.3 Å². The lowest BCUT2D eigenvalue weighted by Gasteiger charge is -2.20. The zero-order valence-electron chi connectivity index (χ0n) is 12.2. The number of aromatic nitrogens is 1. The third kappa shape index (κ3) is 3.88. The van der Waals surface area contributed by atoms with Gasteiger partial charge in [0.15, 0.2) is 0 Å². The Kier molecular flexibility index (Phi) is 4.77. The van der Waals surface area contributed by atoms with Crippen LogP contribution in [0.2, 0.25) is 0 Å². The fourth-order valence-corrected chi connectivity index (χ4v) is 3.55. The summed E-state index contributed by atoms with van der Waals surface area (Å²) in [6, 6.07) is 6.91. The van der Waals surface area contributed by atoms with Crippen LogP contribution in [0.25, 0.3) is 0 Å². The predicted molar refractivity (Wildman–Crippen MR) is 84.6 cm³/mol. The standard InChI is InChI=1S/C14H19N3O2S2/c1-9(17-11(3)14-10(2)16-8-20-14)12-4-6-13(7-5-12)21(15,18)19/h4-9,11,17H,1-3H3,(H2,15,18,19). The molecule has 21 heavy (non-hydrogen) atoms. The molecule has 2 unspecified atom stereocenters. The molecular formula is C14H19N3O2S2. The number of hydrogen-bond acceptors (Lipinski definition) is 5. The summed E-state index contributed by atoms with van der Waals surface area (Å²) in [7, 11) is -3.64. The van der Waals surface area contributed by atoms with E-state index >= 15 is 0 Å². The minimum atomic E-state index is -3.64. The first-order valence-corrected chi connectivity index (χ1v) is 9.00.